The fraction of sp³-hybridized carbons (Fsp3) is 0.176. The maximum atomic E-state index is 12.2. The lowest BCUT2D eigenvalue weighted by atomic mass is 10.2. The minimum Gasteiger partial charge on any atom is -0.496 e. The van der Waals surface area contributed by atoms with E-state index in [1.165, 1.54) is 30.6 Å². The number of hydrogen-bond donors (Lipinski definition) is 2. The average molecular weight is 407 g/mol. The number of ether oxygens (including phenoxy) is 1. The number of halogens is 1. The highest BCUT2D eigenvalue weighted by Gasteiger charge is 2.14. The largest absolute Gasteiger partial charge is 0.496 e. The molecule has 0 aliphatic heterocycles. The van der Waals surface area contributed by atoms with Gasteiger partial charge < -0.3 is 9.26 Å². The van der Waals surface area contributed by atoms with Crippen LogP contribution in [0.1, 0.15) is 22.7 Å². The predicted molar refractivity (Wildman–Crippen MR) is 99.5 cm³/mol. The molecule has 2 amide bonds. The Bertz CT molecular complexity index is 942. The molecule has 3 rings (SSSR count). The molecule has 0 atom stereocenters. The summed E-state index contributed by atoms with van der Waals surface area (Å²) in [6, 6.07) is 6.46. The molecule has 0 saturated heterocycles. The van der Waals surface area contributed by atoms with Gasteiger partial charge >= 0.3 is 0 Å². The van der Waals surface area contributed by atoms with E-state index in [9.17, 15) is 9.59 Å². The molecule has 0 saturated carbocycles. The van der Waals surface area contributed by atoms with Gasteiger partial charge in [-0.25, -0.2) is 0 Å². The molecule has 0 aliphatic rings. The molecule has 0 fully saturated rings. The van der Waals surface area contributed by atoms with E-state index in [0.717, 1.165) is 5.56 Å². The summed E-state index contributed by atoms with van der Waals surface area (Å²) in [6.45, 7) is 0. The summed E-state index contributed by atoms with van der Waals surface area (Å²) in [5.41, 5.74) is 5.78. The molecule has 0 bridgehead atoms. The molecule has 0 radical (unpaired) electrons. The van der Waals surface area contributed by atoms with Crippen molar-refractivity contribution >= 4 is 34.8 Å². The zero-order valence-corrected chi connectivity index (χ0v) is 15.8. The Balaban J connectivity index is 1.49. The van der Waals surface area contributed by atoms with Gasteiger partial charge in [0, 0.05) is 28.8 Å². The van der Waals surface area contributed by atoms with Crippen LogP contribution in [0.5, 0.6) is 5.75 Å². The molecule has 1 aromatic carbocycles. The van der Waals surface area contributed by atoms with Crippen LogP contribution in [0.4, 0.5) is 0 Å². The van der Waals surface area contributed by atoms with Gasteiger partial charge in [-0.3, -0.25) is 20.4 Å². The van der Waals surface area contributed by atoms with Crippen LogP contribution in [0.15, 0.2) is 39.5 Å². The van der Waals surface area contributed by atoms with E-state index >= 15 is 0 Å². The van der Waals surface area contributed by atoms with Gasteiger partial charge in [-0.1, -0.05) is 16.8 Å². The maximum Gasteiger partial charge on any atom is 0.273 e. The molecular weight excluding hydrogens is 392 g/mol. The fourth-order valence-electron chi connectivity index (χ4n) is 2.19. The zero-order valence-electron chi connectivity index (χ0n) is 14.2. The summed E-state index contributed by atoms with van der Waals surface area (Å²) in [4.78, 5) is 28.3. The van der Waals surface area contributed by atoms with E-state index in [2.05, 4.69) is 21.0 Å². The minimum atomic E-state index is -0.519. The van der Waals surface area contributed by atoms with E-state index in [0.29, 0.717) is 22.5 Å². The van der Waals surface area contributed by atoms with Crippen LogP contribution in [-0.2, 0) is 11.2 Å². The van der Waals surface area contributed by atoms with Crippen molar-refractivity contribution in [2.75, 3.05) is 7.11 Å². The highest BCUT2D eigenvalue weighted by Crippen LogP contribution is 2.23. The van der Waals surface area contributed by atoms with Gasteiger partial charge in [0.05, 0.1) is 12.7 Å². The summed E-state index contributed by atoms with van der Waals surface area (Å²) < 4.78 is 10.2. The fourth-order valence-corrected chi connectivity index (χ4v) is 2.99. The second-order valence-corrected chi connectivity index (χ2v) is 6.59. The lowest BCUT2D eigenvalue weighted by molar-refractivity contribution is -0.121. The zero-order chi connectivity index (χ0) is 19.2. The molecule has 10 heteroatoms. The average Bonchev–Trinajstić information content (AvgIpc) is 3.35. The van der Waals surface area contributed by atoms with Crippen molar-refractivity contribution in [3.63, 3.8) is 0 Å². The number of aromatic nitrogens is 2. The number of aryl methyl sites for hydroxylation is 1. The Kier molecular flexibility index (Phi) is 6.05. The summed E-state index contributed by atoms with van der Waals surface area (Å²) in [5.74, 6) is 0.217. The third-order valence-electron chi connectivity index (χ3n) is 3.54. The number of benzene rings is 1. The first-order chi connectivity index (χ1) is 13.1. The Hall–Kier alpha value is -2.91. The molecule has 0 spiro atoms. The van der Waals surface area contributed by atoms with Crippen molar-refractivity contribution in [1.29, 1.82) is 0 Å². The number of nitrogens with zero attached hydrogens (tertiary/aromatic N) is 2. The lowest BCUT2D eigenvalue weighted by Crippen LogP contribution is -2.41. The number of rotatable bonds is 6. The predicted octanol–water partition coefficient (Wildman–Crippen LogP) is 2.85. The third-order valence-corrected chi connectivity index (χ3v) is 4.46. The van der Waals surface area contributed by atoms with E-state index in [1.807, 2.05) is 16.8 Å². The highest BCUT2D eigenvalue weighted by molar-refractivity contribution is 7.08. The second kappa shape index (κ2) is 8.65. The molecular formula is C17H15ClN4O4S. The molecule has 2 N–H and O–H groups in total. The summed E-state index contributed by atoms with van der Waals surface area (Å²) in [5, 5.41) is 8.13. The molecule has 0 unspecified atom stereocenters. The normalized spacial score (nSPS) is 10.4. The van der Waals surface area contributed by atoms with Gasteiger partial charge in [0.15, 0.2) is 0 Å². The smallest absolute Gasteiger partial charge is 0.273 e. The van der Waals surface area contributed by atoms with Crippen molar-refractivity contribution in [3.05, 3.63) is 51.5 Å². The van der Waals surface area contributed by atoms with Crippen molar-refractivity contribution in [1.82, 2.24) is 21.0 Å². The number of carbonyl (C=O) groups excluding carboxylic acids is 2. The topological polar surface area (TPSA) is 106 Å². The van der Waals surface area contributed by atoms with Gasteiger partial charge in [0.1, 0.15) is 5.75 Å². The first kappa shape index (κ1) is 18.9. The summed E-state index contributed by atoms with van der Waals surface area (Å²) in [6.07, 6.45) is 0.326. The quantitative estimate of drug-likeness (QED) is 0.609. The summed E-state index contributed by atoms with van der Waals surface area (Å²) >= 11 is 7.39. The number of nitrogens with one attached hydrogen (secondary N) is 2. The Morgan fingerprint density at radius 3 is 2.89 bits per heavy atom. The number of carbonyl (C=O) groups is 2. The standard InChI is InChI=1S/C17H15ClN4O4S/c1-25-13-8-11(18)2-3-12(13)17(24)21-20-14(23)4-5-15-19-16(22-26-15)10-6-7-27-9-10/h2-3,6-9H,4-5H2,1H3,(H,20,23)(H,21,24). The van der Waals surface area contributed by atoms with Crippen molar-refractivity contribution in [3.8, 4) is 17.1 Å². The van der Waals surface area contributed by atoms with Crippen LogP contribution in [-0.4, -0.2) is 29.1 Å². The van der Waals surface area contributed by atoms with Crippen molar-refractivity contribution in [2.45, 2.75) is 12.8 Å². The number of thiophene rings is 1. The Labute approximate surface area is 163 Å². The van der Waals surface area contributed by atoms with Crippen LogP contribution in [0.3, 0.4) is 0 Å². The van der Waals surface area contributed by atoms with Crippen molar-refractivity contribution in [2.24, 2.45) is 0 Å². The van der Waals surface area contributed by atoms with Gasteiger partial charge in [0.25, 0.3) is 5.91 Å². The van der Waals surface area contributed by atoms with Crippen LogP contribution in [0.25, 0.3) is 11.4 Å². The monoisotopic (exact) mass is 406 g/mol. The second-order valence-electron chi connectivity index (χ2n) is 5.37. The van der Waals surface area contributed by atoms with Gasteiger partial charge in [-0.2, -0.15) is 16.3 Å². The molecule has 140 valence electrons. The molecule has 8 nitrogen and oxygen atoms in total. The van der Waals surface area contributed by atoms with Gasteiger partial charge in [-0.15, -0.1) is 0 Å². The molecule has 0 aliphatic carbocycles. The number of hydrazine groups is 1. The minimum absolute atomic E-state index is 0.0727. The first-order valence-electron chi connectivity index (χ1n) is 7.84. The number of hydrogen-bond acceptors (Lipinski definition) is 7. The lowest BCUT2D eigenvalue weighted by Gasteiger charge is -2.10. The number of methoxy groups -OCH3 is 1. The first-order valence-corrected chi connectivity index (χ1v) is 9.17. The summed E-state index contributed by atoms with van der Waals surface area (Å²) in [7, 11) is 1.43. The van der Waals surface area contributed by atoms with Crippen LogP contribution in [0, 0.1) is 0 Å². The molecule has 3 aromatic rings. The van der Waals surface area contributed by atoms with E-state index in [4.69, 9.17) is 20.9 Å². The highest BCUT2D eigenvalue weighted by atomic mass is 35.5. The van der Waals surface area contributed by atoms with Crippen LogP contribution < -0.4 is 15.6 Å². The molecule has 2 aromatic heterocycles. The van der Waals surface area contributed by atoms with Crippen molar-refractivity contribution < 1.29 is 18.8 Å². The Morgan fingerprint density at radius 1 is 1.30 bits per heavy atom. The third kappa shape index (κ3) is 4.83. The van der Waals surface area contributed by atoms with E-state index in [-0.39, 0.29) is 18.4 Å². The number of amides is 2. The van der Waals surface area contributed by atoms with Gasteiger partial charge in [-0.05, 0) is 29.6 Å². The van der Waals surface area contributed by atoms with Crippen LogP contribution >= 0.6 is 22.9 Å². The Morgan fingerprint density at radius 2 is 2.15 bits per heavy atom. The van der Waals surface area contributed by atoms with Gasteiger partial charge in [0.2, 0.25) is 17.6 Å². The molecule has 2 heterocycles. The van der Waals surface area contributed by atoms with E-state index in [1.54, 1.807) is 6.07 Å². The van der Waals surface area contributed by atoms with Crippen LogP contribution in [0.2, 0.25) is 5.02 Å². The van der Waals surface area contributed by atoms with E-state index < -0.39 is 11.8 Å². The maximum absolute atomic E-state index is 12.2. The molecule has 27 heavy (non-hydrogen) atoms. The SMILES string of the molecule is COc1cc(Cl)ccc1C(=O)NNC(=O)CCc1nc(-c2ccsc2)no1.